The van der Waals surface area contributed by atoms with Gasteiger partial charge >= 0.3 is 0 Å². The molecule has 114 valence electrons. The smallest absolute Gasteiger partial charge is 0.258 e. The van der Waals surface area contributed by atoms with Crippen LogP contribution in [0.3, 0.4) is 0 Å². The van der Waals surface area contributed by atoms with Gasteiger partial charge in [0.2, 0.25) is 0 Å². The molecule has 0 heterocycles. The first-order valence-corrected chi connectivity index (χ1v) is 7.55. The van der Waals surface area contributed by atoms with E-state index in [0.717, 1.165) is 24.0 Å². The molecular formula is C17H23NO3. The summed E-state index contributed by atoms with van der Waals surface area (Å²) in [6.07, 6.45) is 2.46. The number of aryl methyl sites for hydroxylation is 1. The van der Waals surface area contributed by atoms with Crippen LogP contribution >= 0.6 is 0 Å². The number of Topliss-reactive ketones (excluding diaryl/α,β-unsaturated/α-hetero) is 1. The molecule has 1 unspecified atom stereocenters. The Kier molecular flexibility index (Phi) is 4.99. The highest BCUT2D eigenvalue weighted by atomic mass is 16.5. The normalized spacial score (nSPS) is 15.5. The predicted octanol–water partition coefficient (Wildman–Crippen LogP) is 2.75. The van der Waals surface area contributed by atoms with E-state index in [9.17, 15) is 9.59 Å². The first-order chi connectivity index (χ1) is 9.97. The van der Waals surface area contributed by atoms with Crippen molar-refractivity contribution in [1.82, 2.24) is 5.32 Å². The second-order valence-electron chi connectivity index (χ2n) is 5.98. The quantitative estimate of drug-likeness (QED) is 0.906. The van der Waals surface area contributed by atoms with Gasteiger partial charge in [-0.15, -0.1) is 0 Å². The zero-order valence-corrected chi connectivity index (χ0v) is 12.9. The average molecular weight is 289 g/mol. The molecule has 0 aromatic heterocycles. The monoisotopic (exact) mass is 289 g/mol. The molecule has 0 bridgehead atoms. The van der Waals surface area contributed by atoms with E-state index in [0.29, 0.717) is 18.1 Å². The fourth-order valence-corrected chi connectivity index (χ4v) is 2.31. The second-order valence-corrected chi connectivity index (χ2v) is 5.98. The summed E-state index contributed by atoms with van der Waals surface area (Å²) in [6.45, 7) is 6.06. The van der Waals surface area contributed by atoms with Gasteiger partial charge in [-0.3, -0.25) is 9.59 Å². The molecule has 4 nitrogen and oxygen atoms in total. The summed E-state index contributed by atoms with van der Waals surface area (Å²) in [4.78, 5) is 23.6. The Bertz CT molecular complexity index is 537. The van der Waals surface area contributed by atoms with Gasteiger partial charge in [0.05, 0.1) is 0 Å². The topological polar surface area (TPSA) is 55.4 Å². The van der Waals surface area contributed by atoms with Gasteiger partial charge in [0, 0.05) is 18.0 Å². The van der Waals surface area contributed by atoms with Crippen LogP contribution in [0.25, 0.3) is 0 Å². The maximum Gasteiger partial charge on any atom is 0.258 e. The van der Waals surface area contributed by atoms with E-state index in [2.05, 4.69) is 19.2 Å². The summed E-state index contributed by atoms with van der Waals surface area (Å²) >= 11 is 0. The highest BCUT2D eigenvalue weighted by molar-refractivity contribution is 5.98. The highest BCUT2D eigenvalue weighted by Gasteiger charge is 2.18. The van der Waals surface area contributed by atoms with Gasteiger partial charge in [-0.25, -0.2) is 0 Å². The van der Waals surface area contributed by atoms with Crippen LogP contribution in [-0.4, -0.2) is 24.3 Å². The number of amides is 1. The van der Waals surface area contributed by atoms with Crippen molar-refractivity contribution in [3.8, 4) is 5.75 Å². The van der Waals surface area contributed by atoms with Gasteiger partial charge in [-0.2, -0.15) is 0 Å². The van der Waals surface area contributed by atoms with E-state index in [1.807, 2.05) is 19.1 Å². The summed E-state index contributed by atoms with van der Waals surface area (Å²) < 4.78 is 5.50. The van der Waals surface area contributed by atoms with Crippen LogP contribution in [0.15, 0.2) is 18.2 Å². The molecule has 0 saturated carbocycles. The molecule has 1 N–H and O–H groups in total. The molecule has 1 amide bonds. The van der Waals surface area contributed by atoms with E-state index in [-0.39, 0.29) is 24.3 Å². The van der Waals surface area contributed by atoms with Crippen molar-refractivity contribution in [1.29, 1.82) is 0 Å². The number of benzene rings is 1. The van der Waals surface area contributed by atoms with Crippen molar-refractivity contribution in [2.24, 2.45) is 5.92 Å². The van der Waals surface area contributed by atoms with Gasteiger partial charge in [0.1, 0.15) is 5.75 Å². The summed E-state index contributed by atoms with van der Waals surface area (Å²) in [5, 5.41) is 2.89. The third-order valence-corrected chi connectivity index (χ3v) is 3.99. The third kappa shape index (κ3) is 4.06. The zero-order valence-electron chi connectivity index (χ0n) is 12.9. The Morgan fingerprint density at radius 2 is 2.05 bits per heavy atom. The van der Waals surface area contributed by atoms with Gasteiger partial charge in [0.15, 0.2) is 12.4 Å². The lowest BCUT2D eigenvalue weighted by Crippen LogP contribution is -2.38. The second kappa shape index (κ2) is 6.74. The van der Waals surface area contributed by atoms with Crippen LogP contribution < -0.4 is 10.1 Å². The number of hydrogen-bond donors (Lipinski definition) is 1. The van der Waals surface area contributed by atoms with Crippen molar-refractivity contribution in [2.45, 2.75) is 46.1 Å². The largest absolute Gasteiger partial charge is 0.484 e. The molecule has 1 aliphatic rings. The van der Waals surface area contributed by atoms with E-state index >= 15 is 0 Å². The standard InChI is InChI=1S/C17H23NO3/c1-11(2)12(3)18-17(20)10-21-14-8-7-13-5-4-6-16(19)15(13)9-14/h7-9,11-12H,4-6,10H2,1-3H3,(H,18,20). The Labute approximate surface area is 125 Å². The van der Waals surface area contributed by atoms with Crippen molar-refractivity contribution in [2.75, 3.05) is 6.61 Å². The number of carbonyl (C=O) groups excluding carboxylic acids is 2. The minimum absolute atomic E-state index is 0.0238. The zero-order chi connectivity index (χ0) is 15.4. The minimum atomic E-state index is -0.139. The third-order valence-electron chi connectivity index (χ3n) is 3.99. The molecule has 1 aliphatic carbocycles. The van der Waals surface area contributed by atoms with E-state index in [1.165, 1.54) is 0 Å². The lowest BCUT2D eigenvalue weighted by molar-refractivity contribution is -0.124. The molecule has 2 rings (SSSR count). The highest BCUT2D eigenvalue weighted by Crippen LogP contribution is 2.25. The SMILES string of the molecule is CC(C)C(C)NC(=O)COc1ccc2c(c1)C(=O)CCC2. The van der Waals surface area contributed by atoms with Gasteiger partial charge in [0.25, 0.3) is 5.91 Å². The van der Waals surface area contributed by atoms with Gasteiger partial charge < -0.3 is 10.1 Å². The molecule has 0 aliphatic heterocycles. The lowest BCUT2D eigenvalue weighted by Gasteiger charge is -2.18. The molecule has 0 fully saturated rings. The number of hydrogen-bond acceptors (Lipinski definition) is 3. The van der Waals surface area contributed by atoms with Gasteiger partial charge in [-0.05, 0) is 43.4 Å². The Morgan fingerprint density at radius 1 is 1.29 bits per heavy atom. The minimum Gasteiger partial charge on any atom is -0.484 e. The number of ketones is 1. The maximum absolute atomic E-state index is 11.9. The van der Waals surface area contributed by atoms with E-state index in [4.69, 9.17) is 4.74 Å². The van der Waals surface area contributed by atoms with E-state index < -0.39 is 0 Å². The van der Waals surface area contributed by atoms with Crippen LogP contribution in [0.5, 0.6) is 5.75 Å². The molecule has 0 radical (unpaired) electrons. The Hall–Kier alpha value is -1.84. The molecular weight excluding hydrogens is 266 g/mol. The number of fused-ring (bicyclic) bond motifs is 1. The first-order valence-electron chi connectivity index (χ1n) is 7.55. The van der Waals surface area contributed by atoms with E-state index in [1.54, 1.807) is 6.07 Å². The van der Waals surface area contributed by atoms with Crippen LogP contribution in [0.2, 0.25) is 0 Å². The summed E-state index contributed by atoms with van der Waals surface area (Å²) in [5.74, 6) is 0.992. The molecule has 1 aromatic carbocycles. The van der Waals surface area contributed by atoms with Crippen molar-refractivity contribution in [3.63, 3.8) is 0 Å². The number of ether oxygens (including phenoxy) is 1. The molecule has 0 spiro atoms. The van der Waals surface area contributed by atoms with Crippen molar-refractivity contribution >= 4 is 11.7 Å². The molecule has 4 heteroatoms. The maximum atomic E-state index is 11.9. The predicted molar refractivity (Wildman–Crippen MR) is 81.6 cm³/mol. The Morgan fingerprint density at radius 3 is 2.76 bits per heavy atom. The fraction of sp³-hybridized carbons (Fsp3) is 0.529. The van der Waals surface area contributed by atoms with Crippen molar-refractivity contribution < 1.29 is 14.3 Å². The lowest BCUT2D eigenvalue weighted by atomic mass is 9.90. The summed E-state index contributed by atoms with van der Waals surface area (Å²) in [7, 11) is 0. The van der Waals surface area contributed by atoms with Crippen molar-refractivity contribution in [3.05, 3.63) is 29.3 Å². The molecule has 1 atom stereocenters. The Balaban J connectivity index is 1.93. The summed E-state index contributed by atoms with van der Waals surface area (Å²) in [6, 6.07) is 5.63. The van der Waals surface area contributed by atoms with Crippen LogP contribution in [0.4, 0.5) is 0 Å². The first kappa shape index (κ1) is 15.5. The van der Waals surface area contributed by atoms with Gasteiger partial charge in [-0.1, -0.05) is 19.9 Å². The molecule has 0 saturated heterocycles. The van der Waals surface area contributed by atoms with Crippen LogP contribution in [0, 0.1) is 5.92 Å². The molecule has 1 aromatic rings. The van der Waals surface area contributed by atoms with Crippen LogP contribution in [0.1, 0.15) is 49.5 Å². The number of carbonyl (C=O) groups is 2. The summed E-state index contributed by atoms with van der Waals surface area (Å²) in [5.41, 5.74) is 1.83. The number of nitrogens with one attached hydrogen (secondary N) is 1. The fourth-order valence-electron chi connectivity index (χ4n) is 2.31. The number of rotatable bonds is 5. The molecule has 21 heavy (non-hydrogen) atoms. The van der Waals surface area contributed by atoms with Crippen LogP contribution in [-0.2, 0) is 11.2 Å². The average Bonchev–Trinajstić information content (AvgIpc) is 2.45.